The molecule has 0 unspecified atom stereocenters. The van der Waals surface area contributed by atoms with E-state index >= 15 is 0 Å². The third-order valence-corrected chi connectivity index (χ3v) is 3.30. The summed E-state index contributed by atoms with van der Waals surface area (Å²) in [5, 5.41) is 11.7. The van der Waals surface area contributed by atoms with E-state index in [9.17, 15) is 19.5 Å². The van der Waals surface area contributed by atoms with Gasteiger partial charge < -0.3 is 14.7 Å². The molecule has 1 aromatic carbocycles. The summed E-state index contributed by atoms with van der Waals surface area (Å²) in [6, 6.07) is 6.23. The highest BCUT2D eigenvalue weighted by atomic mass is 16.5. The Labute approximate surface area is 121 Å². The Morgan fingerprint density at radius 2 is 2.05 bits per heavy atom. The molecule has 3 amide bonds. The van der Waals surface area contributed by atoms with E-state index in [0.29, 0.717) is 0 Å². The van der Waals surface area contributed by atoms with Crippen LogP contribution < -0.4 is 10.1 Å². The molecule has 1 aromatic rings. The minimum atomic E-state index is -1.13. The van der Waals surface area contributed by atoms with E-state index in [4.69, 9.17) is 4.74 Å². The molecule has 0 atom stereocenters. The number of hydrogen-bond acceptors (Lipinski definition) is 5. The first-order valence-corrected chi connectivity index (χ1v) is 6.38. The van der Waals surface area contributed by atoms with E-state index in [1.807, 2.05) is 0 Å². The number of amides is 3. The average Bonchev–Trinajstić information content (AvgIpc) is 2.42. The molecule has 0 aromatic heterocycles. The smallest absolute Gasteiger partial charge is 0.261 e. The lowest BCUT2D eigenvalue weighted by atomic mass is 9.98. The lowest BCUT2D eigenvalue weighted by molar-refractivity contribution is -0.156. The van der Waals surface area contributed by atoms with Crippen molar-refractivity contribution < 1.29 is 24.2 Å². The van der Waals surface area contributed by atoms with E-state index in [2.05, 4.69) is 5.32 Å². The van der Waals surface area contributed by atoms with Crippen LogP contribution in [0.4, 0.5) is 0 Å². The van der Waals surface area contributed by atoms with Crippen molar-refractivity contribution in [3.05, 3.63) is 24.3 Å². The molecule has 1 aliphatic rings. The number of hydrogen-bond donors (Lipinski definition) is 2. The summed E-state index contributed by atoms with van der Waals surface area (Å²) in [5.41, 5.74) is -1.13. The number of benzene rings is 1. The van der Waals surface area contributed by atoms with Crippen LogP contribution in [0.25, 0.3) is 0 Å². The Kier molecular flexibility index (Phi) is 3.84. The van der Waals surface area contributed by atoms with Gasteiger partial charge in [0.15, 0.2) is 18.1 Å². The Morgan fingerprint density at radius 3 is 2.71 bits per heavy atom. The zero-order chi connectivity index (χ0) is 15.6. The number of imide groups is 1. The Morgan fingerprint density at radius 1 is 1.38 bits per heavy atom. The lowest BCUT2D eigenvalue weighted by Gasteiger charge is -2.39. The Hall–Kier alpha value is -2.57. The zero-order valence-corrected chi connectivity index (χ0v) is 11.8. The number of carbonyl (C=O) groups is 3. The molecule has 1 fully saturated rings. The quantitative estimate of drug-likeness (QED) is 0.767. The second-order valence-electron chi connectivity index (χ2n) is 5.17. The molecular weight excluding hydrogens is 276 g/mol. The number of nitrogens with zero attached hydrogens (tertiary/aromatic N) is 1. The summed E-state index contributed by atoms with van der Waals surface area (Å²) >= 11 is 0. The lowest BCUT2D eigenvalue weighted by Crippen LogP contribution is -2.66. The maximum absolute atomic E-state index is 12.2. The van der Waals surface area contributed by atoms with Crippen LogP contribution in [0.15, 0.2) is 24.3 Å². The average molecular weight is 292 g/mol. The van der Waals surface area contributed by atoms with Crippen molar-refractivity contribution in [3.63, 3.8) is 0 Å². The van der Waals surface area contributed by atoms with Crippen LogP contribution in [-0.2, 0) is 14.4 Å². The van der Waals surface area contributed by atoms with Crippen LogP contribution in [-0.4, -0.2) is 46.4 Å². The predicted molar refractivity (Wildman–Crippen MR) is 72.5 cm³/mol. The van der Waals surface area contributed by atoms with Gasteiger partial charge in [-0.15, -0.1) is 0 Å². The number of phenolic OH excluding ortho intramolecular Hbond substituents is 1. The van der Waals surface area contributed by atoms with Crippen molar-refractivity contribution in [2.75, 3.05) is 13.2 Å². The van der Waals surface area contributed by atoms with Gasteiger partial charge in [0.2, 0.25) is 5.91 Å². The molecule has 0 bridgehead atoms. The number of nitrogens with one attached hydrogen (secondary N) is 1. The van der Waals surface area contributed by atoms with Gasteiger partial charge in [0.1, 0.15) is 12.1 Å². The number of ether oxygens (including phenoxy) is 1. The van der Waals surface area contributed by atoms with Gasteiger partial charge in [-0.3, -0.25) is 19.7 Å². The summed E-state index contributed by atoms with van der Waals surface area (Å²) in [6.45, 7) is 2.52. The normalized spacial score (nSPS) is 17.3. The summed E-state index contributed by atoms with van der Waals surface area (Å²) < 4.78 is 5.23. The fourth-order valence-corrected chi connectivity index (χ4v) is 1.98. The summed E-state index contributed by atoms with van der Waals surface area (Å²) in [6.07, 6.45) is 0. The van der Waals surface area contributed by atoms with Crippen LogP contribution in [0.2, 0.25) is 0 Å². The molecule has 1 heterocycles. The number of phenols is 1. The highest BCUT2D eigenvalue weighted by molar-refractivity contribution is 6.06. The fraction of sp³-hybridized carbons (Fsp3) is 0.357. The molecule has 0 radical (unpaired) electrons. The SMILES string of the molecule is CC1(C)C(=O)NC(=O)CN1C(=O)COc1ccccc1O. The highest BCUT2D eigenvalue weighted by Gasteiger charge is 2.43. The maximum Gasteiger partial charge on any atom is 0.261 e. The van der Waals surface area contributed by atoms with Gasteiger partial charge in [-0.2, -0.15) is 0 Å². The monoisotopic (exact) mass is 292 g/mol. The predicted octanol–water partition coefficient (Wildman–Crippen LogP) is 0.0346. The largest absolute Gasteiger partial charge is 0.504 e. The van der Waals surface area contributed by atoms with Gasteiger partial charge in [0, 0.05) is 0 Å². The van der Waals surface area contributed by atoms with Gasteiger partial charge in [0.25, 0.3) is 11.8 Å². The minimum Gasteiger partial charge on any atom is -0.504 e. The van der Waals surface area contributed by atoms with Crippen LogP contribution >= 0.6 is 0 Å². The van der Waals surface area contributed by atoms with E-state index in [1.165, 1.54) is 12.1 Å². The van der Waals surface area contributed by atoms with E-state index in [-0.39, 0.29) is 24.7 Å². The molecule has 2 N–H and O–H groups in total. The fourth-order valence-electron chi connectivity index (χ4n) is 1.98. The van der Waals surface area contributed by atoms with Crippen LogP contribution in [0.3, 0.4) is 0 Å². The van der Waals surface area contributed by atoms with Gasteiger partial charge in [-0.25, -0.2) is 0 Å². The molecule has 2 rings (SSSR count). The van der Waals surface area contributed by atoms with Crippen LogP contribution in [0.5, 0.6) is 11.5 Å². The molecule has 1 saturated heterocycles. The molecule has 1 aliphatic heterocycles. The number of rotatable bonds is 3. The first kappa shape index (κ1) is 14.8. The molecule has 0 aliphatic carbocycles. The standard InChI is InChI=1S/C14H16N2O5/c1-14(2)13(20)15-11(18)7-16(14)12(19)8-21-10-6-4-3-5-9(10)17/h3-6,17H,7-8H2,1-2H3,(H,15,18,20). The molecule has 112 valence electrons. The van der Waals surface area contributed by atoms with Gasteiger partial charge >= 0.3 is 0 Å². The number of aromatic hydroxyl groups is 1. The summed E-state index contributed by atoms with van der Waals surface area (Å²) in [7, 11) is 0. The van der Waals surface area contributed by atoms with Crippen molar-refractivity contribution in [2.24, 2.45) is 0 Å². The van der Waals surface area contributed by atoms with E-state index < -0.39 is 23.3 Å². The van der Waals surface area contributed by atoms with E-state index in [0.717, 1.165) is 4.90 Å². The molecule has 7 heteroatoms. The topological polar surface area (TPSA) is 95.9 Å². The minimum absolute atomic E-state index is 0.0861. The van der Waals surface area contributed by atoms with E-state index in [1.54, 1.807) is 26.0 Å². The van der Waals surface area contributed by atoms with Crippen molar-refractivity contribution in [1.82, 2.24) is 10.2 Å². The van der Waals surface area contributed by atoms with Gasteiger partial charge in [-0.1, -0.05) is 12.1 Å². The number of carbonyl (C=O) groups excluding carboxylic acids is 3. The van der Waals surface area contributed by atoms with Gasteiger partial charge in [0.05, 0.1) is 0 Å². The van der Waals surface area contributed by atoms with Crippen molar-refractivity contribution in [3.8, 4) is 11.5 Å². The van der Waals surface area contributed by atoms with Crippen molar-refractivity contribution >= 4 is 17.7 Å². The number of para-hydroxylation sites is 2. The van der Waals surface area contributed by atoms with Crippen LogP contribution in [0.1, 0.15) is 13.8 Å². The second-order valence-corrected chi connectivity index (χ2v) is 5.17. The van der Waals surface area contributed by atoms with Crippen molar-refractivity contribution in [2.45, 2.75) is 19.4 Å². The Balaban J connectivity index is 2.07. The third kappa shape index (κ3) is 2.96. The van der Waals surface area contributed by atoms with Gasteiger partial charge in [-0.05, 0) is 26.0 Å². The summed E-state index contributed by atoms with van der Waals surface area (Å²) in [4.78, 5) is 36.5. The maximum atomic E-state index is 12.2. The summed E-state index contributed by atoms with van der Waals surface area (Å²) in [5.74, 6) is -1.50. The molecular formula is C14H16N2O5. The first-order chi connectivity index (χ1) is 9.82. The third-order valence-electron chi connectivity index (χ3n) is 3.30. The number of piperazine rings is 1. The molecule has 21 heavy (non-hydrogen) atoms. The first-order valence-electron chi connectivity index (χ1n) is 6.38. The molecule has 0 saturated carbocycles. The molecule has 0 spiro atoms. The Bertz CT molecular complexity index is 597. The zero-order valence-electron chi connectivity index (χ0n) is 11.8. The van der Waals surface area contributed by atoms with Crippen molar-refractivity contribution in [1.29, 1.82) is 0 Å². The molecule has 7 nitrogen and oxygen atoms in total. The second kappa shape index (κ2) is 5.43. The van der Waals surface area contributed by atoms with Crippen LogP contribution in [0, 0.1) is 0 Å². The highest BCUT2D eigenvalue weighted by Crippen LogP contribution is 2.25.